The van der Waals surface area contributed by atoms with E-state index >= 15 is 0 Å². The fourth-order valence-corrected chi connectivity index (χ4v) is 2.39. The van der Waals surface area contributed by atoms with Gasteiger partial charge in [-0.25, -0.2) is 4.79 Å². The third-order valence-electron chi connectivity index (χ3n) is 4.58. The largest absolute Gasteiger partial charge is 0.496 e. The number of allylic oxidation sites excluding steroid dienone is 2. The van der Waals surface area contributed by atoms with E-state index in [0.717, 1.165) is 5.47 Å². The normalized spacial score (nSPS) is 23.4. The van der Waals surface area contributed by atoms with Crippen LogP contribution in [0.4, 0.5) is 4.79 Å². The minimum atomic E-state index is -0.819. The number of nitrogens with zero attached hydrogens (tertiary/aromatic N) is 1. The zero-order valence-corrected chi connectivity index (χ0v) is 15.1. The predicted octanol–water partition coefficient (Wildman–Crippen LogP) is 2.60. The first kappa shape index (κ1) is 17.9. The Hall–Kier alpha value is -1.47. The lowest BCUT2D eigenvalue weighted by Crippen LogP contribution is -2.42. The molecular weight excluding hydrogens is 295 g/mol. The summed E-state index contributed by atoms with van der Waals surface area (Å²) in [5, 5.41) is 0. The van der Waals surface area contributed by atoms with Gasteiger partial charge in [-0.05, 0) is 60.7 Å². The van der Waals surface area contributed by atoms with Crippen LogP contribution in [-0.4, -0.2) is 41.4 Å². The number of carbonyl (C=O) groups is 1. The van der Waals surface area contributed by atoms with E-state index < -0.39 is 24.4 Å². The number of nitrogens with two attached hydrogens (primary N) is 1. The summed E-state index contributed by atoms with van der Waals surface area (Å²) in [6, 6.07) is 0. The van der Waals surface area contributed by atoms with Gasteiger partial charge in [0.15, 0.2) is 0 Å². The van der Waals surface area contributed by atoms with E-state index in [9.17, 15) is 4.79 Å². The third kappa shape index (κ3) is 3.72. The molecule has 0 aromatic rings. The average Bonchev–Trinajstić information content (AvgIpc) is 2.56. The van der Waals surface area contributed by atoms with E-state index in [1.54, 1.807) is 6.08 Å². The van der Waals surface area contributed by atoms with Gasteiger partial charge >= 0.3 is 13.2 Å². The van der Waals surface area contributed by atoms with Crippen LogP contribution in [0.1, 0.15) is 48.5 Å². The SMILES string of the molecule is CC(C)(C)N1C=C(B2OC(C)(C)C(C)(C)O2)C=C(OC(N)=O)C1. The lowest BCUT2D eigenvalue weighted by molar-refractivity contribution is 0.00578. The van der Waals surface area contributed by atoms with E-state index in [2.05, 4.69) is 25.7 Å². The van der Waals surface area contributed by atoms with E-state index in [0.29, 0.717) is 12.3 Å². The summed E-state index contributed by atoms with van der Waals surface area (Å²) < 4.78 is 17.3. The Morgan fingerprint density at radius 3 is 2.22 bits per heavy atom. The Bertz CT molecular complexity index is 545. The number of ether oxygens (including phenoxy) is 1. The van der Waals surface area contributed by atoms with Crippen molar-refractivity contribution in [2.75, 3.05) is 6.54 Å². The van der Waals surface area contributed by atoms with Gasteiger partial charge < -0.3 is 24.7 Å². The zero-order valence-electron chi connectivity index (χ0n) is 15.1. The van der Waals surface area contributed by atoms with Gasteiger partial charge in [0, 0.05) is 11.0 Å². The number of hydrogen-bond donors (Lipinski definition) is 1. The Labute approximate surface area is 138 Å². The smallest absolute Gasteiger partial charge is 0.413 e. The maximum absolute atomic E-state index is 11.1. The first-order chi connectivity index (χ1) is 10.3. The second-order valence-corrected chi connectivity index (χ2v) is 8.05. The summed E-state index contributed by atoms with van der Waals surface area (Å²) in [5.74, 6) is 0.486. The van der Waals surface area contributed by atoms with Crippen LogP contribution in [-0.2, 0) is 14.0 Å². The molecule has 0 bridgehead atoms. The maximum atomic E-state index is 11.1. The number of hydrogen-bond acceptors (Lipinski definition) is 5. The molecule has 0 radical (unpaired) electrons. The van der Waals surface area contributed by atoms with Gasteiger partial charge in [-0.1, -0.05) is 0 Å². The van der Waals surface area contributed by atoms with Crippen molar-refractivity contribution >= 4 is 13.2 Å². The Balaban J connectivity index is 2.32. The van der Waals surface area contributed by atoms with Gasteiger partial charge in [0.05, 0.1) is 17.7 Å². The Morgan fingerprint density at radius 2 is 1.78 bits per heavy atom. The van der Waals surface area contributed by atoms with Crippen molar-refractivity contribution in [1.29, 1.82) is 0 Å². The van der Waals surface area contributed by atoms with Gasteiger partial charge in [0.2, 0.25) is 0 Å². The second-order valence-electron chi connectivity index (χ2n) is 8.05. The average molecular weight is 322 g/mol. The van der Waals surface area contributed by atoms with Crippen molar-refractivity contribution in [2.45, 2.75) is 65.2 Å². The molecule has 0 spiro atoms. The van der Waals surface area contributed by atoms with Crippen molar-refractivity contribution in [1.82, 2.24) is 4.90 Å². The molecule has 2 aliphatic heterocycles. The fourth-order valence-electron chi connectivity index (χ4n) is 2.39. The molecule has 2 heterocycles. The molecule has 6 nitrogen and oxygen atoms in total. The van der Waals surface area contributed by atoms with Crippen LogP contribution < -0.4 is 5.73 Å². The van der Waals surface area contributed by atoms with Crippen LogP contribution in [0.15, 0.2) is 23.5 Å². The van der Waals surface area contributed by atoms with E-state index in [1.165, 1.54) is 0 Å². The first-order valence-electron chi connectivity index (χ1n) is 7.84. The molecule has 2 rings (SSSR count). The lowest BCUT2D eigenvalue weighted by atomic mass is 9.77. The Kier molecular flexibility index (Phi) is 4.32. The second kappa shape index (κ2) is 5.56. The molecule has 128 valence electrons. The predicted molar refractivity (Wildman–Crippen MR) is 89.4 cm³/mol. The summed E-state index contributed by atoms with van der Waals surface area (Å²) >= 11 is 0. The van der Waals surface area contributed by atoms with Crippen molar-refractivity contribution in [3.8, 4) is 0 Å². The highest BCUT2D eigenvalue weighted by Gasteiger charge is 2.52. The molecule has 2 aliphatic rings. The van der Waals surface area contributed by atoms with Crippen LogP contribution in [0.3, 0.4) is 0 Å². The summed E-state index contributed by atoms with van der Waals surface area (Å²) in [4.78, 5) is 13.2. The van der Waals surface area contributed by atoms with Gasteiger partial charge in [-0.2, -0.15) is 0 Å². The van der Waals surface area contributed by atoms with Gasteiger partial charge in [0.1, 0.15) is 5.76 Å². The third-order valence-corrected chi connectivity index (χ3v) is 4.58. The fraction of sp³-hybridized carbons (Fsp3) is 0.688. The molecule has 0 atom stereocenters. The number of primary amides is 1. The molecule has 0 aromatic heterocycles. The molecule has 2 N–H and O–H groups in total. The van der Waals surface area contributed by atoms with Crippen molar-refractivity contribution in [3.63, 3.8) is 0 Å². The van der Waals surface area contributed by atoms with Crippen LogP contribution in [0.2, 0.25) is 0 Å². The lowest BCUT2D eigenvalue weighted by Gasteiger charge is -2.37. The molecule has 1 amide bonds. The number of rotatable bonds is 2. The van der Waals surface area contributed by atoms with E-state index in [-0.39, 0.29) is 5.54 Å². The van der Waals surface area contributed by atoms with Gasteiger partial charge in [-0.3, -0.25) is 0 Å². The molecule has 0 unspecified atom stereocenters. The summed E-state index contributed by atoms with van der Waals surface area (Å²) in [6.45, 7) is 14.7. The molecular formula is C16H27BN2O4. The van der Waals surface area contributed by atoms with Gasteiger partial charge in [0.25, 0.3) is 0 Å². The highest BCUT2D eigenvalue weighted by Crippen LogP contribution is 2.39. The Morgan fingerprint density at radius 1 is 1.26 bits per heavy atom. The molecule has 7 heteroatoms. The van der Waals surface area contributed by atoms with Crippen molar-refractivity contribution in [2.24, 2.45) is 5.73 Å². The molecule has 23 heavy (non-hydrogen) atoms. The maximum Gasteiger partial charge on any atom is 0.496 e. The van der Waals surface area contributed by atoms with Crippen molar-refractivity contribution < 1.29 is 18.8 Å². The van der Waals surface area contributed by atoms with Crippen LogP contribution in [0.25, 0.3) is 0 Å². The van der Waals surface area contributed by atoms with Gasteiger partial charge in [-0.15, -0.1) is 0 Å². The molecule has 0 saturated carbocycles. The van der Waals surface area contributed by atoms with Crippen LogP contribution >= 0.6 is 0 Å². The monoisotopic (exact) mass is 322 g/mol. The summed E-state index contributed by atoms with van der Waals surface area (Å²) in [6.07, 6.45) is 2.95. The number of carbonyl (C=O) groups excluding carboxylic acids is 1. The van der Waals surface area contributed by atoms with Crippen molar-refractivity contribution in [3.05, 3.63) is 23.5 Å². The highest BCUT2D eigenvalue weighted by atomic mass is 16.7. The van der Waals surface area contributed by atoms with Crippen LogP contribution in [0.5, 0.6) is 0 Å². The first-order valence-corrected chi connectivity index (χ1v) is 7.84. The summed E-state index contributed by atoms with van der Waals surface area (Å²) in [5.41, 5.74) is 4.96. The standard InChI is InChI=1S/C16H27BN2O4/c1-14(2,3)19-9-11(8-12(10-19)21-13(18)20)17-22-15(4,5)16(6,7)23-17/h8-9H,10H2,1-7H3,(H2,18,20). The quantitative estimate of drug-likeness (QED) is 0.791. The van der Waals surface area contributed by atoms with E-state index in [4.69, 9.17) is 19.8 Å². The minimum Gasteiger partial charge on any atom is -0.413 e. The molecule has 1 saturated heterocycles. The zero-order chi connectivity index (χ0) is 17.6. The summed E-state index contributed by atoms with van der Waals surface area (Å²) in [7, 11) is -0.517. The van der Waals surface area contributed by atoms with E-state index in [1.807, 2.05) is 33.9 Å². The number of amides is 1. The highest BCUT2D eigenvalue weighted by molar-refractivity contribution is 6.55. The molecule has 0 aromatic carbocycles. The molecule has 0 aliphatic carbocycles. The topological polar surface area (TPSA) is 74.0 Å². The van der Waals surface area contributed by atoms with Crippen LogP contribution in [0, 0.1) is 0 Å². The minimum absolute atomic E-state index is 0.143. The molecule has 1 fully saturated rings.